The fraction of sp³-hybridized carbons (Fsp3) is 0.167. The van der Waals surface area contributed by atoms with Gasteiger partial charge in [-0.25, -0.2) is 0 Å². The van der Waals surface area contributed by atoms with E-state index >= 15 is 0 Å². The van der Waals surface area contributed by atoms with Gasteiger partial charge in [0.2, 0.25) is 5.56 Å². The van der Waals surface area contributed by atoms with Gasteiger partial charge in [-0.05, 0) is 41.8 Å². The summed E-state index contributed by atoms with van der Waals surface area (Å²) >= 11 is 6.19. The number of ether oxygens (including phenoxy) is 1. The highest BCUT2D eigenvalue weighted by molar-refractivity contribution is 6.31. The van der Waals surface area contributed by atoms with E-state index in [1.54, 1.807) is 16.7 Å². The highest BCUT2D eigenvalue weighted by Crippen LogP contribution is 2.19. The molecule has 2 N–H and O–H groups in total. The molecule has 2 aromatic heterocycles. The number of nitrogens with one attached hydrogen (secondary N) is 2. The molecular formula is C24H22ClN3O3. The molecule has 0 spiro atoms. The number of fused-ring (bicyclic) bond motifs is 1. The van der Waals surface area contributed by atoms with Crippen LogP contribution in [0.15, 0.2) is 82.4 Å². The van der Waals surface area contributed by atoms with Crippen LogP contribution in [-0.2, 0) is 19.6 Å². The van der Waals surface area contributed by atoms with Gasteiger partial charge in [0.05, 0.1) is 12.1 Å². The smallest absolute Gasteiger partial charge is 0.255 e. The molecule has 0 saturated heterocycles. The Balaban J connectivity index is 1.55. The molecule has 2 aromatic carbocycles. The van der Waals surface area contributed by atoms with Crippen LogP contribution in [0.2, 0.25) is 5.02 Å². The van der Waals surface area contributed by atoms with Crippen LogP contribution < -0.4 is 21.2 Å². The van der Waals surface area contributed by atoms with Crippen molar-refractivity contribution in [1.82, 2.24) is 14.9 Å². The average molecular weight is 436 g/mol. The summed E-state index contributed by atoms with van der Waals surface area (Å²) in [5.74, 6) is 0.757. The van der Waals surface area contributed by atoms with E-state index in [0.29, 0.717) is 36.8 Å². The van der Waals surface area contributed by atoms with E-state index in [0.717, 1.165) is 22.3 Å². The summed E-state index contributed by atoms with van der Waals surface area (Å²) in [7, 11) is 0. The Kier molecular flexibility index (Phi) is 6.50. The van der Waals surface area contributed by atoms with Gasteiger partial charge in [-0.3, -0.25) is 9.59 Å². The molecule has 0 saturated carbocycles. The highest BCUT2D eigenvalue weighted by Gasteiger charge is 2.10. The number of aromatic nitrogens is 2. The van der Waals surface area contributed by atoms with Crippen LogP contribution >= 0.6 is 11.6 Å². The first-order chi connectivity index (χ1) is 15.1. The molecule has 0 amide bonds. The second-order valence-electron chi connectivity index (χ2n) is 7.13. The van der Waals surface area contributed by atoms with Gasteiger partial charge in [-0.2, -0.15) is 0 Å². The summed E-state index contributed by atoms with van der Waals surface area (Å²) in [6, 6.07) is 21.9. The van der Waals surface area contributed by atoms with Crippen molar-refractivity contribution in [3.05, 3.63) is 110 Å². The van der Waals surface area contributed by atoms with Crippen LogP contribution in [0.4, 0.5) is 0 Å². The zero-order valence-corrected chi connectivity index (χ0v) is 17.6. The van der Waals surface area contributed by atoms with Gasteiger partial charge in [-0.15, -0.1) is 0 Å². The fourth-order valence-corrected chi connectivity index (χ4v) is 3.62. The molecule has 7 heteroatoms. The maximum atomic E-state index is 13.2. The van der Waals surface area contributed by atoms with E-state index in [-0.39, 0.29) is 11.1 Å². The van der Waals surface area contributed by atoms with E-state index in [1.165, 1.54) is 6.07 Å². The van der Waals surface area contributed by atoms with Crippen LogP contribution in [0, 0.1) is 0 Å². The lowest BCUT2D eigenvalue weighted by atomic mass is 10.1. The topological polar surface area (TPSA) is 76.1 Å². The number of aromatic amines is 1. The average Bonchev–Trinajstić information content (AvgIpc) is 2.77. The molecule has 0 unspecified atom stereocenters. The molecule has 0 fully saturated rings. The number of hydrogen-bond acceptors (Lipinski definition) is 4. The van der Waals surface area contributed by atoms with Crippen molar-refractivity contribution in [3.63, 3.8) is 0 Å². The lowest BCUT2D eigenvalue weighted by molar-refractivity contribution is 0.298. The van der Waals surface area contributed by atoms with Crippen molar-refractivity contribution in [2.24, 2.45) is 0 Å². The van der Waals surface area contributed by atoms with E-state index in [4.69, 9.17) is 16.3 Å². The van der Waals surface area contributed by atoms with Gasteiger partial charge in [0.1, 0.15) is 12.4 Å². The molecular weight excluding hydrogens is 414 g/mol. The predicted molar refractivity (Wildman–Crippen MR) is 123 cm³/mol. The minimum atomic E-state index is -0.150. The van der Waals surface area contributed by atoms with Gasteiger partial charge >= 0.3 is 0 Å². The quantitative estimate of drug-likeness (QED) is 0.442. The number of para-hydroxylation sites is 1. The molecule has 0 aliphatic carbocycles. The van der Waals surface area contributed by atoms with Crippen molar-refractivity contribution in [1.29, 1.82) is 0 Å². The molecule has 31 heavy (non-hydrogen) atoms. The third-order valence-electron chi connectivity index (χ3n) is 4.92. The van der Waals surface area contributed by atoms with E-state index in [2.05, 4.69) is 10.3 Å². The number of halogens is 1. The Morgan fingerprint density at radius 1 is 0.935 bits per heavy atom. The Morgan fingerprint density at radius 3 is 2.58 bits per heavy atom. The van der Waals surface area contributed by atoms with Crippen molar-refractivity contribution < 1.29 is 4.74 Å². The summed E-state index contributed by atoms with van der Waals surface area (Å²) in [6.45, 7) is 1.57. The second-order valence-corrected chi connectivity index (χ2v) is 7.57. The van der Waals surface area contributed by atoms with E-state index in [9.17, 15) is 9.59 Å². The highest BCUT2D eigenvalue weighted by atomic mass is 35.5. The van der Waals surface area contributed by atoms with Crippen LogP contribution in [0.5, 0.6) is 5.75 Å². The Hall–Kier alpha value is -3.35. The lowest BCUT2D eigenvalue weighted by Gasteiger charge is -2.14. The number of pyridine rings is 2. The molecule has 0 atom stereocenters. The normalized spacial score (nSPS) is 11.0. The molecule has 158 valence electrons. The van der Waals surface area contributed by atoms with Crippen molar-refractivity contribution >= 4 is 22.5 Å². The molecule has 0 radical (unpaired) electrons. The summed E-state index contributed by atoms with van der Waals surface area (Å²) in [6.07, 6.45) is 0. The molecule has 0 aliphatic heterocycles. The summed E-state index contributed by atoms with van der Waals surface area (Å²) < 4.78 is 7.49. The number of benzene rings is 2. The predicted octanol–water partition coefficient (Wildman–Crippen LogP) is 3.71. The SMILES string of the molecule is O=c1cccc(CNCc2cc3ccc(Cl)cc3n(CCOc3ccccc3)c2=O)[nH]1. The van der Waals surface area contributed by atoms with E-state index in [1.807, 2.05) is 54.6 Å². The summed E-state index contributed by atoms with van der Waals surface area (Å²) in [5.41, 5.74) is 1.91. The molecule has 6 nitrogen and oxygen atoms in total. The lowest BCUT2D eigenvalue weighted by Crippen LogP contribution is -2.29. The van der Waals surface area contributed by atoms with Crippen LogP contribution in [0.25, 0.3) is 10.9 Å². The molecule has 4 rings (SSSR count). The fourth-order valence-electron chi connectivity index (χ4n) is 3.45. The van der Waals surface area contributed by atoms with Crippen molar-refractivity contribution in [2.45, 2.75) is 19.6 Å². The van der Waals surface area contributed by atoms with E-state index < -0.39 is 0 Å². The first-order valence-electron chi connectivity index (χ1n) is 9.99. The Morgan fingerprint density at radius 2 is 1.77 bits per heavy atom. The number of hydrogen-bond donors (Lipinski definition) is 2. The number of rotatable bonds is 8. The second kappa shape index (κ2) is 9.64. The molecule has 0 aliphatic rings. The van der Waals surface area contributed by atoms with Crippen LogP contribution in [0.1, 0.15) is 11.3 Å². The monoisotopic (exact) mass is 435 g/mol. The molecule has 4 aromatic rings. The maximum Gasteiger partial charge on any atom is 0.255 e. The molecule has 0 bridgehead atoms. The first kappa shape index (κ1) is 20.9. The first-order valence-corrected chi connectivity index (χ1v) is 10.4. The van der Waals surface area contributed by atoms with Crippen LogP contribution in [-0.4, -0.2) is 16.2 Å². The van der Waals surface area contributed by atoms with Gasteiger partial charge in [-0.1, -0.05) is 41.9 Å². The Bertz CT molecular complexity index is 1300. The van der Waals surface area contributed by atoms with Crippen molar-refractivity contribution in [2.75, 3.05) is 6.61 Å². The molecule has 2 heterocycles. The van der Waals surface area contributed by atoms with Gasteiger partial charge in [0.25, 0.3) is 5.56 Å². The summed E-state index contributed by atoms with van der Waals surface area (Å²) in [4.78, 5) is 27.4. The third kappa shape index (κ3) is 5.23. The zero-order chi connectivity index (χ0) is 21.6. The maximum absolute atomic E-state index is 13.2. The minimum absolute atomic E-state index is 0.0968. The largest absolute Gasteiger partial charge is 0.492 e. The zero-order valence-electron chi connectivity index (χ0n) is 16.8. The Labute approximate surface area is 184 Å². The standard InChI is InChI=1S/C24H22ClN3O3/c25-19-10-9-17-13-18(15-26-16-20-5-4-8-23(29)27-20)24(30)28(22(17)14-19)11-12-31-21-6-2-1-3-7-21/h1-10,13-14,26H,11-12,15-16H2,(H,27,29). The third-order valence-corrected chi connectivity index (χ3v) is 5.15. The van der Waals surface area contributed by atoms with Gasteiger partial charge < -0.3 is 19.6 Å². The number of nitrogens with zero attached hydrogens (tertiary/aromatic N) is 1. The van der Waals surface area contributed by atoms with Crippen LogP contribution in [0.3, 0.4) is 0 Å². The number of H-pyrrole nitrogens is 1. The minimum Gasteiger partial charge on any atom is -0.492 e. The van der Waals surface area contributed by atoms with Gasteiger partial charge in [0.15, 0.2) is 0 Å². The van der Waals surface area contributed by atoms with Crippen molar-refractivity contribution in [3.8, 4) is 5.75 Å². The summed E-state index contributed by atoms with van der Waals surface area (Å²) in [5, 5.41) is 4.73. The van der Waals surface area contributed by atoms with Gasteiger partial charge in [0, 0.05) is 35.4 Å².